The van der Waals surface area contributed by atoms with E-state index < -0.39 is 17.9 Å². The van der Waals surface area contributed by atoms with Crippen molar-refractivity contribution >= 4 is 34.4 Å². The standard InChI is InChI=1S/C25H21N3O5/c29-21-7-4-8-22-24(21)17(13-33-22)25(32)27-16-9-10-18-20(11-16)28(14-26-18)19(12-23(30)31)15-5-2-1-3-6-15/h1-3,5-6,9-11,13-14,19H,4,7-8,12H2,(H,27,32)(H,30,31). The summed E-state index contributed by atoms with van der Waals surface area (Å²) in [6.07, 6.45) is 4.61. The van der Waals surface area contributed by atoms with E-state index in [4.69, 9.17) is 4.42 Å². The average molecular weight is 443 g/mol. The minimum atomic E-state index is -0.926. The van der Waals surface area contributed by atoms with Crippen LogP contribution in [0.15, 0.2) is 65.5 Å². The highest BCUT2D eigenvalue weighted by atomic mass is 16.4. The van der Waals surface area contributed by atoms with E-state index in [1.807, 2.05) is 30.3 Å². The van der Waals surface area contributed by atoms with Gasteiger partial charge in [0, 0.05) is 18.5 Å². The maximum atomic E-state index is 12.9. The number of carboxylic acid groups (broad SMARTS) is 1. The Bertz CT molecular complexity index is 1370. The Morgan fingerprint density at radius 2 is 1.97 bits per heavy atom. The molecule has 2 aromatic heterocycles. The molecule has 166 valence electrons. The minimum absolute atomic E-state index is 0.0805. The van der Waals surface area contributed by atoms with Gasteiger partial charge >= 0.3 is 5.97 Å². The molecule has 0 saturated heterocycles. The van der Waals surface area contributed by atoms with Crippen LogP contribution in [0.2, 0.25) is 0 Å². The summed E-state index contributed by atoms with van der Waals surface area (Å²) in [5.41, 5.74) is 3.32. The molecule has 0 bridgehead atoms. The van der Waals surface area contributed by atoms with Crippen molar-refractivity contribution in [2.45, 2.75) is 31.7 Å². The SMILES string of the molecule is O=C(O)CC(c1ccccc1)n1cnc2ccc(NC(=O)c3coc4c3C(=O)CCC4)cc21. The fraction of sp³-hybridized carbons (Fsp3) is 0.200. The van der Waals surface area contributed by atoms with Crippen molar-refractivity contribution in [3.8, 4) is 0 Å². The number of carbonyl (C=O) groups excluding carboxylic acids is 2. The lowest BCUT2D eigenvalue weighted by Crippen LogP contribution is -2.18. The average Bonchev–Trinajstić information content (AvgIpc) is 3.43. The molecule has 0 spiro atoms. The number of hydrogen-bond acceptors (Lipinski definition) is 5. The molecular formula is C25H21N3O5. The van der Waals surface area contributed by atoms with Gasteiger partial charge in [0.15, 0.2) is 5.78 Å². The van der Waals surface area contributed by atoms with E-state index in [0.717, 1.165) is 12.0 Å². The molecule has 1 aliphatic rings. The summed E-state index contributed by atoms with van der Waals surface area (Å²) in [5, 5.41) is 12.3. The summed E-state index contributed by atoms with van der Waals surface area (Å²) in [5.74, 6) is -0.872. The summed E-state index contributed by atoms with van der Waals surface area (Å²) in [7, 11) is 0. The van der Waals surface area contributed by atoms with Gasteiger partial charge in [-0.3, -0.25) is 14.4 Å². The Morgan fingerprint density at radius 3 is 2.76 bits per heavy atom. The number of nitrogens with zero attached hydrogens (tertiary/aromatic N) is 2. The Kier molecular flexibility index (Phi) is 5.26. The fourth-order valence-corrected chi connectivity index (χ4v) is 4.36. The highest BCUT2D eigenvalue weighted by Crippen LogP contribution is 2.30. The van der Waals surface area contributed by atoms with E-state index in [1.165, 1.54) is 6.26 Å². The molecular weight excluding hydrogens is 422 g/mol. The number of ketones is 1. The van der Waals surface area contributed by atoms with Gasteiger partial charge < -0.3 is 19.4 Å². The first kappa shape index (κ1) is 20.7. The molecule has 1 unspecified atom stereocenters. The lowest BCUT2D eigenvalue weighted by molar-refractivity contribution is -0.137. The van der Waals surface area contributed by atoms with Crippen molar-refractivity contribution in [3.63, 3.8) is 0 Å². The number of benzene rings is 2. The third-order valence-electron chi connectivity index (χ3n) is 5.92. The number of carbonyl (C=O) groups is 3. The van der Waals surface area contributed by atoms with Gasteiger partial charge in [-0.05, 0) is 30.2 Å². The van der Waals surface area contributed by atoms with Crippen molar-refractivity contribution in [1.82, 2.24) is 9.55 Å². The summed E-state index contributed by atoms with van der Waals surface area (Å²) in [6, 6.07) is 14.1. The first-order valence-electron chi connectivity index (χ1n) is 10.7. The molecule has 0 saturated carbocycles. The number of hydrogen-bond donors (Lipinski definition) is 2. The van der Waals surface area contributed by atoms with Crippen molar-refractivity contribution in [1.29, 1.82) is 0 Å². The van der Waals surface area contributed by atoms with E-state index in [-0.39, 0.29) is 17.8 Å². The molecule has 1 amide bonds. The maximum Gasteiger partial charge on any atom is 0.305 e. The normalized spacial score (nSPS) is 14.1. The minimum Gasteiger partial charge on any atom is -0.481 e. The number of aliphatic carboxylic acids is 1. The van der Waals surface area contributed by atoms with Crippen LogP contribution in [0.4, 0.5) is 5.69 Å². The maximum absolute atomic E-state index is 12.9. The van der Waals surface area contributed by atoms with Crippen LogP contribution in [-0.4, -0.2) is 32.3 Å². The van der Waals surface area contributed by atoms with Crippen LogP contribution < -0.4 is 5.32 Å². The summed E-state index contributed by atoms with van der Waals surface area (Å²) >= 11 is 0. The number of aryl methyl sites for hydroxylation is 1. The second-order valence-electron chi connectivity index (χ2n) is 8.06. The van der Waals surface area contributed by atoms with Gasteiger partial charge in [0.25, 0.3) is 5.91 Å². The number of fused-ring (bicyclic) bond motifs is 2. The Balaban J connectivity index is 1.48. The van der Waals surface area contributed by atoms with Crippen molar-refractivity contribution in [3.05, 3.63) is 83.6 Å². The van der Waals surface area contributed by atoms with Gasteiger partial charge in [-0.15, -0.1) is 0 Å². The molecule has 33 heavy (non-hydrogen) atoms. The van der Waals surface area contributed by atoms with E-state index in [0.29, 0.717) is 40.9 Å². The van der Waals surface area contributed by atoms with Crippen LogP contribution in [-0.2, 0) is 11.2 Å². The summed E-state index contributed by atoms with van der Waals surface area (Å²) < 4.78 is 7.26. The molecule has 0 aliphatic heterocycles. The van der Waals surface area contributed by atoms with Crippen LogP contribution in [0.1, 0.15) is 57.3 Å². The molecule has 2 heterocycles. The fourth-order valence-electron chi connectivity index (χ4n) is 4.36. The van der Waals surface area contributed by atoms with Gasteiger partial charge in [0.2, 0.25) is 0 Å². The number of imidazole rings is 1. The molecule has 8 heteroatoms. The van der Waals surface area contributed by atoms with Crippen LogP contribution >= 0.6 is 0 Å². The van der Waals surface area contributed by atoms with Crippen molar-refractivity contribution in [2.75, 3.05) is 5.32 Å². The van der Waals surface area contributed by atoms with Gasteiger partial charge in [0.05, 0.1) is 41.0 Å². The molecule has 0 radical (unpaired) electrons. The van der Waals surface area contributed by atoms with Crippen LogP contribution in [0.3, 0.4) is 0 Å². The first-order chi connectivity index (χ1) is 16.0. The molecule has 2 aromatic carbocycles. The molecule has 5 rings (SSSR count). The van der Waals surface area contributed by atoms with E-state index in [9.17, 15) is 19.5 Å². The lowest BCUT2D eigenvalue weighted by Gasteiger charge is -2.18. The molecule has 1 atom stereocenters. The topological polar surface area (TPSA) is 114 Å². The Hall–Kier alpha value is -4.20. The molecule has 2 N–H and O–H groups in total. The molecule has 4 aromatic rings. The number of amides is 1. The highest BCUT2D eigenvalue weighted by molar-refractivity contribution is 6.13. The second-order valence-corrected chi connectivity index (χ2v) is 8.06. The van der Waals surface area contributed by atoms with Gasteiger partial charge in [-0.1, -0.05) is 30.3 Å². The largest absolute Gasteiger partial charge is 0.481 e. The number of rotatable bonds is 6. The Labute approximate surface area is 188 Å². The third kappa shape index (κ3) is 3.91. The van der Waals surface area contributed by atoms with Gasteiger partial charge in [-0.2, -0.15) is 0 Å². The first-order valence-corrected chi connectivity index (χ1v) is 10.7. The highest BCUT2D eigenvalue weighted by Gasteiger charge is 2.28. The summed E-state index contributed by atoms with van der Waals surface area (Å²) in [6.45, 7) is 0. The van der Waals surface area contributed by atoms with Crippen LogP contribution in [0.5, 0.6) is 0 Å². The lowest BCUT2D eigenvalue weighted by atomic mass is 9.94. The van der Waals surface area contributed by atoms with Crippen LogP contribution in [0, 0.1) is 0 Å². The number of furan rings is 1. The third-order valence-corrected chi connectivity index (χ3v) is 5.92. The smallest absolute Gasteiger partial charge is 0.305 e. The number of carboxylic acids is 1. The van der Waals surface area contributed by atoms with Gasteiger partial charge in [0.1, 0.15) is 12.0 Å². The predicted molar refractivity (Wildman–Crippen MR) is 120 cm³/mol. The zero-order valence-corrected chi connectivity index (χ0v) is 17.7. The monoisotopic (exact) mass is 443 g/mol. The predicted octanol–water partition coefficient (Wildman–Crippen LogP) is 4.46. The van der Waals surface area contributed by atoms with Gasteiger partial charge in [-0.25, -0.2) is 4.98 Å². The number of nitrogens with one attached hydrogen (secondary N) is 1. The number of Topliss-reactive ketones (excluding diaryl/α,β-unsaturated/α-hetero) is 1. The zero-order valence-electron chi connectivity index (χ0n) is 17.7. The molecule has 1 aliphatic carbocycles. The Morgan fingerprint density at radius 1 is 1.15 bits per heavy atom. The van der Waals surface area contributed by atoms with E-state index in [2.05, 4.69) is 10.3 Å². The molecule has 8 nitrogen and oxygen atoms in total. The van der Waals surface area contributed by atoms with E-state index >= 15 is 0 Å². The van der Waals surface area contributed by atoms with Crippen molar-refractivity contribution < 1.29 is 23.9 Å². The van der Waals surface area contributed by atoms with Crippen molar-refractivity contribution in [2.24, 2.45) is 0 Å². The number of anilines is 1. The van der Waals surface area contributed by atoms with E-state index in [1.54, 1.807) is 29.1 Å². The quantitative estimate of drug-likeness (QED) is 0.455. The molecule has 0 fully saturated rings. The zero-order chi connectivity index (χ0) is 22.9. The van der Waals surface area contributed by atoms with Crippen LogP contribution in [0.25, 0.3) is 11.0 Å². The second kappa shape index (κ2) is 8.38. The summed E-state index contributed by atoms with van der Waals surface area (Å²) in [4.78, 5) is 41.2. The number of aromatic nitrogens is 2.